The second-order valence-electron chi connectivity index (χ2n) is 5.72. The second-order valence-corrected chi connectivity index (χ2v) is 5.72. The van der Waals surface area contributed by atoms with Gasteiger partial charge in [-0.1, -0.05) is 5.21 Å². The molecule has 1 amide bonds. The molecule has 0 radical (unpaired) electrons. The number of rotatable bonds is 2. The van der Waals surface area contributed by atoms with Gasteiger partial charge in [0.15, 0.2) is 0 Å². The van der Waals surface area contributed by atoms with E-state index in [1.165, 1.54) is 16.8 Å². The number of amides is 1. The van der Waals surface area contributed by atoms with Crippen molar-refractivity contribution in [3.8, 4) is 0 Å². The number of aliphatic carboxylic acids is 1. The van der Waals surface area contributed by atoms with Gasteiger partial charge in [-0.05, 0) is 18.2 Å². The second kappa shape index (κ2) is 6.51. The van der Waals surface area contributed by atoms with Gasteiger partial charge >= 0.3 is 12.1 Å². The lowest BCUT2D eigenvalue weighted by molar-refractivity contribution is -0.187. The maximum absolute atomic E-state index is 13.0. The molecule has 25 heavy (non-hydrogen) atoms. The summed E-state index contributed by atoms with van der Waals surface area (Å²) in [5.41, 5.74) is 1.25. The Morgan fingerprint density at radius 3 is 2.52 bits per heavy atom. The third-order valence-electron chi connectivity index (χ3n) is 4.20. The van der Waals surface area contributed by atoms with E-state index in [-0.39, 0.29) is 18.0 Å². The van der Waals surface area contributed by atoms with Gasteiger partial charge in [0.05, 0.1) is 17.4 Å². The Bertz CT molecular complexity index is 823. The molecule has 2 heterocycles. The molecule has 2 atom stereocenters. The minimum Gasteiger partial charge on any atom is -0.481 e. The molecule has 0 bridgehead atoms. The number of hydrogen-bond acceptors (Lipinski definition) is 4. The lowest BCUT2D eigenvalue weighted by Gasteiger charge is -2.18. The number of aromatic nitrogens is 3. The van der Waals surface area contributed by atoms with E-state index in [1.54, 1.807) is 13.1 Å². The predicted octanol–water partition coefficient (Wildman–Crippen LogP) is 1.73. The monoisotopic (exact) mass is 378 g/mol. The van der Waals surface area contributed by atoms with Crippen molar-refractivity contribution in [2.24, 2.45) is 18.9 Å². The molecule has 0 saturated carbocycles. The summed E-state index contributed by atoms with van der Waals surface area (Å²) in [6, 6.07) is 4.49. The average Bonchev–Trinajstić information content (AvgIpc) is 3.10. The van der Waals surface area contributed by atoms with Gasteiger partial charge in [-0.15, -0.1) is 17.5 Å². The number of aryl methyl sites for hydroxylation is 1. The maximum Gasteiger partial charge on any atom is 0.394 e. The molecule has 1 aromatic heterocycles. The molecule has 0 unspecified atom stereocenters. The highest BCUT2D eigenvalue weighted by Gasteiger charge is 2.53. The third-order valence-corrected chi connectivity index (χ3v) is 4.20. The van der Waals surface area contributed by atoms with E-state index in [9.17, 15) is 22.8 Å². The van der Waals surface area contributed by atoms with Crippen LogP contribution in [0.4, 0.5) is 13.2 Å². The van der Waals surface area contributed by atoms with Crippen LogP contribution in [-0.4, -0.2) is 56.1 Å². The number of carbonyl (C=O) groups is 2. The molecule has 1 aliphatic rings. The van der Waals surface area contributed by atoms with Crippen LogP contribution in [0.15, 0.2) is 18.2 Å². The Labute approximate surface area is 145 Å². The van der Waals surface area contributed by atoms with E-state index >= 15 is 0 Å². The fraction of sp³-hybridized carbons (Fsp3) is 0.429. The number of carboxylic acid groups (broad SMARTS) is 1. The number of nitrogens with zero attached hydrogens (tertiary/aromatic N) is 4. The maximum atomic E-state index is 13.0. The lowest BCUT2D eigenvalue weighted by atomic mass is 9.96. The van der Waals surface area contributed by atoms with E-state index in [0.717, 1.165) is 4.90 Å². The number of benzene rings is 1. The molecule has 1 fully saturated rings. The van der Waals surface area contributed by atoms with Crippen molar-refractivity contribution in [3.63, 3.8) is 0 Å². The molecule has 7 nitrogen and oxygen atoms in total. The van der Waals surface area contributed by atoms with Crippen LogP contribution in [0.1, 0.15) is 10.4 Å². The van der Waals surface area contributed by atoms with Gasteiger partial charge in [-0.2, -0.15) is 13.2 Å². The molecular weight excluding hydrogens is 365 g/mol. The molecule has 136 valence electrons. The number of fused-ring (bicyclic) bond motifs is 1. The van der Waals surface area contributed by atoms with Crippen molar-refractivity contribution in [3.05, 3.63) is 23.8 Å². The Morgan fingerprint density at radius 1 is 1.28 bits per heavy atom. The zero-order chi connectivity index (χ0) is 17.6. The van der Waals surface area contributed by atoms with E-state index in [2.05, 4.69) is 10.3 Å². The summed E-state index contributed by atoms with van der Waals surface area (Å²) in [4.78, 5) is 24.5. The van der Waals surface area contributed by atoms with Crippen molar-refractivity contribution >= 4 is 35.3 Å². The highest BCUT2D eigenvalue weighted by molar-refractivity contribution is 5.97. The number of halogens is 4. The first-order chi connectivity index (χ1) is 11.2. The summed E-state index contributed by atoms with van der Waals surface area (Å²) in [6.45, 7) is -1.14. The standard InChI is InChI=1S/C14H13F3N4O3.ClH/c1-20-11-3-2-7(4-10(11)18-19-20)12(22)21-5-8(13(23)24)9(6-21)14(15,16)17;/h2-4,8-9H,5-6H2,1H3,(H,23,24);1H/t8-,9-;/m1./s1. The fourth-order valence-electron chi connectivity index (χ4n) is 2.91. The van der Waals surface area contributed by atoms with Gasteiger partial charge in [0.25, 0.3) is 5.91 Å². The molecule has 11 heteroatoms. The number of carboxylic acids is 1. The van der Waals surface area contributed by atoms with E-state index in [1.807, 2.05) is 0 Å². The smallest absolute Gasteiger partial charge is 0.394 e. The summed E-state index contributed by atoms with van der Waals surface area (Å²) in [5.74, 6) is -5.94. The molecule has 1 saturated heterocycles. The van der Waals surface area contributed by atoms with Crippen molar-refractivity contribution < 1.29 is 27.9 Å². The van der Waals surface area contributed by atoms with Gasteiger partial charge in [0.1, 0.15) is 5.52 Å². The zero-order valence-electron chi connectivity index (χ0n) is 12.9. The molecule has 1 N–H and O–H groups in total. The van der Waals surface area contributed by atoms with Crippen LogP contribution in [0.2, 0.25) is 0 Å². The van der Waals surface area contributed by atoms with Gasteiger partial charge < -0.3 is 10.0 Å². The number of hydrogen-bond donors (Lipinski definition) is 1. The minimum absolute atomic E-state index is 0. The average molecular weight is 379 g/mol. The van der Waals surface area contributed by atoms with Crippen LogP contribution in [0.5, 0.6) is 0 Å². The van der Waals surface area contributed by atoms with E-state index < -0.39 is 43.0 Å². The van der Waals surface area contributed by atoms with Gasteiger partial charge in [-0.3, -0.25) is 9.59 Å². The van der Waals surface area contributed by atoms with Gasteiger partial charge in [0, 0.05) is 25.7 Å². The van der Waals surface area contributed by atoms with Crippen molar-refractivity contribution in [2.45, 2.75) is 6.18 Å². The number of carbonyl (C=O) groups excluding carboxylic acids is 1. The van der Waals surface area contributed by atoms with Crippen molar-refractivity contribution in [2.75, 3.05) is 13.1 Å². The number of likely N-dealkylation sites (tertiary alicyclic amines) is 1. The fourth-order valence-corrected chi connectivity index (χ4v) is 2.91. The first-order valence-electron chi connectivity index (χ1n) is 7.06. The topological polar surface area (TPSA) is 88.3 Å². The molecule has 1 aromatic carbocycles. The van der Waals surface area contributed by atoms with E-state index in [0.29, 0.717) is 11.0 Å². The van der Waals surface area contributed by atoms with Crippen LogP contribution < -0.4 is 0 Å². The van der Waals surface area contributed by atoms with Crippen molar-refractivity contribution in [1.29, 1.82) is 0 Å². The molecule has 0 aliphatic carbocycles. The SMILES string of the molecule is Cl.Cn1nnc2cc(C(=O)N3C[C@@H](C(F)(F)F)[C@H](C(=O)O)C3)ccc21. The highest BCUT2D eigenvalue weighted by Crippen LogP contribution is 2.38. The molecular formula is C14H14ClF3N4O3. The quantitative estimate of drug-likeness (QED) is 0.859. The minimum atomic E-state index is -4.67. The zero-order valence-corrected chi connectivity index (χ0v) is 13.7. The molecule has 3 rings (SSSR count). The predicted molar refractivity (Wildman–Crippen MR) is 82.3 cm³/mol. The summed E-state index contributed by atoms with van der Waals surface area (Å²) in [7, 11) is 1.67. The largest absolute Gasteiger partial charge is 0.481 e. The Kier molecular flexibility index (Phi) is 4.94. The molecule has 2 aromatic rings. The van der Waals surface area contributed by atoms with Crippen LogP contribution in [-0.2, 0) is 11.8 Å². The first-order valence-corrected chi connectivity index (χ1v) is 7.06. The Balaban J connectivity index is 0.00000225. The summed E-state index contributed by atoms with van der Waals surface area (Å²) in [5, 5.41) is 16.6. The van der Waals surface area contributed by atoms with Gasteiger partial charge in [0.2, 0.25) is 0 Å². The van der Waals surface area contributed by atoms with Crippen LogP contribution in [0.25, 0.3) is 11.0 Å². The van der Waals surface area contributed by atoms with Crippen molar-refractivity contribution in [1.82, 2.24) is 19.9 Å². The van der Waals surface area contributed by atoms with Gasteiger partial charge in [-0.25, -0.2) is 4.68 Å². The molecule has 0 spiro atoms. The molecule has 1 aliphatic heterocycles. The Hall–Kier alpha value is -2.36. The first kappa shape index (κ1) is 19.0. The highest BCUT2D eigenvalue weighted by atomic mass is 35.5. The van der Waals surface area contributed by atoms with Crippen LogP contribution in [0, 0.1) is 11.8 Å². The van der Waals surface area contributed by atoms with E-state index in [4.69, 9.17) is 5.11 Å². The Morgan fingerprint density at radius 2 is 1.96 bits per heavy atom. The third kappa shape index (κ3) is 3.39. The summed E-state index contributed by atoms with van der Waals surface area (Å²) < 4.78 is 40.5. The summed E-state index contributed by atoms with van der Waals surface area (Å²) >= 11 is 0. The number of alkyl halides is 3. The summed E-state index contributed by atoms with van der Waals surface area (Å²) in [6.07, 6.45) is -4.67. The normalized spacial score (nSPS) is 20.6. The lowest BCUT2D eigenvalue weighted by Crippen LogP contribution is -2.34. The van der Waals surface area contributed by atoms with Crippen LogP contribution >= 0.6 is 12.4 Å². The van der Waals surface area contributed by atoms with Crippen LogP contribution in [0.3, 0.4) is 0 Å².